The van der Waals surface area contributed by atoms with Crippen LogP contribution in [0.5, 0.6) is 11.5 Å². The van der Waals surface area contributed by atoms with Crippen LogP contribution in [0, 0.1) is 5.82 Å². The highest BCUT2D eigenvalue weighted by Crippen LogP contribution is 2.28. The molecule has 1 amide bonds. The molecule has 0 spiro atoms. The normalized spacial score (nSPS) is 11.3. The van der Waals surface area contributed by atoms with E-state index in [4.69, 9.17) is 9.47 Å². The third kappa shape index (κ3) is 4.75. The molecule has 9 heteroatoms. The smallest absolute Gasteiger partial charge is 0.247 e. The molecule has 7 nitrogen and oxygen atoms in total. The van der Waals surface area contributed by atoms with Crippen LogP contribution in [-0.2, 0) is 14.8 Å². The Kier molecular flexibility index (Phi) is 6.75. The first-order valence-electron chi connectivity index (χ1n) is 8.10. The number of hydrogen-bond donors (Lipinski definition) is 1. The van der Waals surface area contributed by atoms with Crippen LogP contribution in [0.25, 0.3) is 0 Å². The van der Waals surface area contributed by atoms with Crippen LogP contribution in [-0.4, -0.2) is 45.9 Å². The first-order valence-corrected chi connectivity index (χ1v) is 9.54. The molecule has 0 fully saturated rings. The first-order chi connectivity index (χ1) is 12.8. The van der Waals surface area contributed by atoms with E-state index in [2.05, 4.69) is 5.32 Å². The molecule has 1 N–H and O–H groups in total. The molecule has 146 valence electrons. The van der Waals surface area contributed by atoms with Gasteiger partial charge in [-0.05, 0) is 30.3 Å². The van der Waals surface area contributed by atoms with Gasteiger partial charge < -0.3 is 14.8 Å². The van der Waals surface area contributed by atoms with Crippen molar-refractivity contribution in [1.82, 2.24) is 4.31 Å². The van der Waals surface area contributed by atoms with Crippen LogP contribution in [0.3, 0.4) is 0 Å². The second-order valence-corrected chi connectivity index (χ2v) is 7.38. The molecule has 0 aliphatic carbocycles. The number of carbonyl (C=O) groups is 1. The summed E-state index contributed by atoms with van der Waals surface area (Å²) in [6, 6.07) is 9.96. The number of amides is 1. The summed E-state index contributed by atoms with van der Waals surface area (Å²) in [4.78, 5) is 12.0. The largest absolute Gasteiger partial charge is 0.495 e. The van der Waals surface area contributed by atoms with Crippen LogP contribution >= 0.6 is 0 Å². The minimum absolute atomic E-state index is 0.0000122. The van der Waals surface area contributed by atoms with Crippen LogP contribution in [0.2, 0.25) is 0 Å². The third-order valence-corrected chi connectivity index (χ3v) is 5.74. The minimum Gasteiger partial charge on any atom is -0.495 e. The highest BCUT2D eigenvalue weighted by atomic mass is 32.2. The Morgan fingerprint density at radius 1 is 1.11 bits per heavy atom. The Labute approximate surface area is 157 Å². The SMILES string of the molecule is CCN(CC(=O)Nc1ccccc1OC)S(=O)(=O)c1cc(F)ccc1OC. The zero-order valence-corrected chi connectivity index (χ0v) is 16.0. The number of halogens is 1. The maximum absolute atomic E-state index is 13.6. The van der Waals surface area contributed by atoms with Crippen molar-refractivity contribution in [3.05, 3.63) is 48.3 Å². The third-order valence-electron chi connectivity index (χ3n) is 3.80. The Bertz CT molecular complexity index is 918. The van der Waals surface area contributed by atoms with E-state index < -0.39 is 28.3 Å². The van der Waals surface area contributed by atoms with Gasteiger partial charge in [0.05, 0.1) is 26.5 Å². The van der Waals surface area contributed by atoms with E-state index in [1.165, 1.54) is 20.3 Å². The van der Waals surface area contributed by atoms with Gasteiger partial charge in [0, 0.05) is 6.54 Å². The van der Waals surface area contributed by atoms with Crippen LogP contribution in [0.15, 0.2) is 47.4 Å². The molecule has 0 aliphatic rings. The van der Waals surface area contributed by atoms with Gasteiger partial charge in [0.15, 0.2) is 0 Å². The molecule has 2 aromatic rings. The Morgan fingerprint density at radius 3 is 2.41 bits per heavy atom. The lowest BCUT2D eigenvalue weighted by atomic mass is 10.3. The average molecular weight is 396 g/mol. The van der Waals surface area contributed by atoms with Gasteiger partial charge in [-0.25, -0.2) is 12.8 Å². The number of rotatable bonds is 8. The van der Waals surface area contributed by atoms with Gasteiger partial charge >= 0.3 is 0 Å². The molecule has 0 heterocycles. The van der Waals surface area contributed by atoms with Gasteiger partial charge in [-0.3, -0.25) is 4.79 Å². The summed E-state index contributed by atoms with van der Waals surface area (Å²) in [5, 5.41) is 2.61. The topological polar surface area (TPSA) is 84.9 Å². The monoisotopic (exact) mass is 396 g/mol. The molecule has 0 atom stereocenters. The number of nitrogens with one attached hydrogen (secondary N) is 1. The van der Waals surface area contributed by atoms with E-state index in [0.717, 1.165) is 16.4 Å². The van der Waals surface area contributed by atoms with Crippen molar-refractivity contribution in [1.29, 1.82) is 0 Å². The summed E-state index contributed by atoms with van der Waals surface area (Å²) >= 11 is 0. The fourth-order valence-electron chi connectivity index (χ4n) is 2.46. The van der Waals surface area contributed by atoms with E-state index in [9.17, 15) is 17.6 Å². The molecule has 0 saturated heterocycles. The number of hydrogen-bond acceptors (Lipinski definition) is 5. The number of nitrogens with zero attached hydrogens (tertiary/aromatic N) is 1. The van der Waals surface area contributed by atoms with Gasteiger partial charge in [0.25, 0.3) is 0 Å². The fraction of sp³-hybridized carbons (Fsp3) is 0.278. The van der Waals surface area contributed by atoms with Gasteiger partial charge in [0.1, 0.15) is 22.2 Å². The lowest BCUT2D eigenvalue weighted by Gasteiger charge is -2.21. The number of benzene rings is 2. The number of sulfonamides is 1. The van der Waals surface area contributed by atoms with Crippen molar-refractivity contribution >= 4 is 21.6 Å². The summed E-state index contributed by atoms with van der Waals surface area (Å²) in [6.45, 7) is 1.15. The molecule has 27 heavy (non-hydrogen) atoms. The van der Waals surface area contributed by atoms with E-state index in [-0.39, 0.29) is 17.2 Å². The predicted octanol–water partition coefficient (Wildman–Crippen LogP) is 2.49. The second-order valence-electron chi connectivity index (χ2n) is 5.47. The van der Waals surface area contributed by atoms with Crippen LogP contribution in [0.4, 0.5) is 10.1 Å². The summed E-state index contributed by atoms with van der Waals surface area (Å²) < 4.78 is 50.5. The number of anilines is 1. The lowest BCUT2D eigenvalue weighted by molar-refractivity contribution is -0.116. The number of ether oxygens (including phenoxy) is 2. The highest BCUT2D eigenvalue weighted by molar-refractivity contribution is 7.89. The molecular formula is C18H21FN2O5S. The standard InChI is InChI=1S/C18H21FN2O5S/c1-4-21(12-18(22)20-14-7-5-6-8-15(14)25-2)27(23,24)17-11-13(19)9-10-16(17)26-3/h5-11H,4,12H2,1-3H3,(H,20,22). The maximum Gasteiger partial charge on any atom is 0.247 e. The van der Waals surface area contributed by atoms with Gasteiger partial charge in [-0.2, -0.15) is 4.31 Å². The molecular weight excluding hydrogens is 375 g/mol. The number of para-hydroxylation sites is 2. The summed E-state index contributed by atoms with van der Waals surface area (Å²) in [7, 11) is -1.39. The Morgan fingerprint density at radius 2 is 1.78 bits per heavy atom. The second kappa shape index (κ2) is 8.83. The van der Waals surface area contributed by atoms with Crippen LogP contribution in [0.1, 0.15) is 6.92 Å². The zero-order valence-electron chi connectivity index (χ0n) is 15.2. The quantitative estimate of drug-likeness (QED) is 0.741. The summed E-state index contributed by atoms with van der Waals surface area (Å²) in [5.74, 6) is -0.826. The van der Waals surface area contributed by atoms with Gasteiger partial charge in [-0.15, -0.1) is 0 Å². The van der Waals surface area contributed by atoms with Crippen molar-refractivity contribution in [2.75, 3.05) is 32.6 Å². The van der Waals surface area contributed by atoms with Crippen molar-refractivity contribution in [2.24, 2.45) is 0 Å². The van der Waals surface area contributed by atoms with Gasteiger partial charge in [-0.1, -0.05) is 19.1 Å². The van der Waals surface area contributed by atoms with Crippen molar-refractivity contribution in [2.45, 2.75) is 11.8 Å². The minimum atomic E-state index is -4.14. The molecule has 0 aliphatic heterocycles. The predicted molar refractivity (Wildman–Crippen MR) is 99.0 cm³/mol. The molecule has 0 unspecified atom stereocenters. The van der Waals surface area contributed by atoms with Crippen LogP contribution < -0.4 is 14.8 Å². The fourth-order valence-corrected chi connectivity index (χ4v) is 4.03. The van der Waals surface area contributed by atoms with Crippen molar-refractivity contribution in [3.63, 3.8) is 0 Å². The summed E-state index contributed by atoms with van der Waals surface area (Å²) in [6.07, 6.45) is 0. The zero-order chi connectivity index (χ0) is 20.0. The Balaban J connectivity index is 2.25. The maximum atomic E-state index is 13.6. The lowest BCUT2D eigenvalue weighted by Crippen LogP contribution is -2.38. The van der Waals surface area contributed by atoms with E-state index in [0.29, 0.717) is 11.4 Å². The number of methoxy groups -OCH3 is 2. The van der Waals surface area contributed by atoms with E-state index in [1.807, 2.05) is 0 Å². The van der Waals surface area contributed by atoms with Gasteiger partial charge in [0.2, 0.25) is 15.9 Å². The Hall–Kier alpha value is -2.65. The molecule has 0 saturated carbocycles. The highest BCUT2D eigenvalue weighted by Gasteiger charge is 2.29. The van der Waals surface area contributed by atoms with E-state index in [1.54, 1.807) is 31.2 Å². The van der Waals surface area contributed by atoms with Crippen molar-refractivity contribution in [3.8, 4) is 11.5 Å². The van der Waals surface area contributed by atoms with E-state index >= 15 is 0 Å². The molecule has 0 bridgehead atoms. The number of likely N-dealkylation sites (N-methyl/N-ethyl adjacent to an activating group) is 1. The van der Waals surface area contributed by atoms with Crippen molar-refractivity contribution < 1.29 is 27.1 Å². The number of carbonyl (C=O) groups excluding carboxylic acids is 1. The molecule has 0 aromatic heterocycles. The molecule has 0 radical (unpaired) electrons. The summed E-state index contributed by atoms with van der Waals surface area (Å²) in [5.41, 5.74) is 0.418. The average Bonchev–Trinajstić information content (AvgIpc) is 2.66. The molecule has 2 aromatic carbocycles. The molecule has 2 rings (SSSR count). The first kappa shape index (κ1) is 20.7.